The highest BCUT2D eigenvalue weighted by Gasteiger charge is 2.26. The Hall–Kier alpha value is -1.92. The number of carbonyl (C=O) groups excluding carboxylic acids is 1. The fourth-order valence-electron chi connectivity index (χ4n) is 2.13. The molecule has 1 unspecified atom stereocenters. The van der Waals surface area contributed by atoms with Gasteiger partial charge in [0.2, 0.25) is 0 Å². The molecule has 0 aromatic carbocycles. The molecule has 1 atom stereocenters. The van der Waals surface area contributed by atoms with Crippen LogP contribution in [0.2, 0.25) is 0 Å². The predicted octanol–water partition coefficient (Wildman–Crippen LogP) is 0.852. The second-order valence-corrected chi connectivity index (χ2v) is 5.03. The summed E-state index contributed by atoms with van der Waals surface area (Å²) in [6.07, 6.45) is 5.71. The van der Waals surface area contributed by atoms with E-state index in [1.165, 1.54) is 0 Å². The van der Waals surface area contributed by atoms with Crippen molar-refractivity contribution in [1.29, 1.82) is 0 Å². The number of nitrogens with one attached hydrogen (secondary N) is 1. The number of aliphatic hydroxyl groups excluding tert-OH is 1. The molecule has 20 heavy (non-hydrogen) atoms. The molecule has 2 N–H and O–H groups in total. The quantitative estimate of drug-likeness (QED) is 0.821. The molecule has 0 fully saturated rings. The number of methoxy groups -OCH3 is 1. The number of aliphatic hydroxyl groups is 1. The third-order valence-electron chi connectivity index (χ3n) is 3.20. The topological polar surface area (TPSA) is 75.9 Å². The second-order valence-electron chi connectivity index (χ2n) is 5.03. The van der Waals surface area contributed by atoms with Crippen LogP contribution >= 0.6 is 0 Å². The molecule has 0 spiro atoms. The van der Waals surface area contributed by atoms with Gasteiger partial charge in [-0.2, -0.15) is 0 Å². The Morgan fingerprint density at radius 2 is 2.35 bits per heavy atom. The predicted molar refractivity (Wildman–Crippen MR) is 74.6 cm³/mol. The molecule has 6 heteroatoms. The minimum atomic E-state index is -0.595. The van der Waals surface area contributed by atoms with Crippen LogP contribution in [0.15, 0.2) is 30.7 Å². The zero-order chi connectivity index (χ0) is 14.6. The first-order chi connectivity index (χ1) is 9.58. The molecule has 0 bridgehead atoms. The molecular weight excluding hydrogens is 258 g/mol. The van der Waals surface area contributed by atoms with Gasteiger partial charge in [0.15, 0.2) is 0 Å². The average Bonchev–Trinajstić information content (AvgIpc) is 2.85. The summed E-state index contributed by atoms with van der Waals surface area (Å²) in [5.41, 5.74) is 0.652. The van der Waals surface area contributed by atoms with Crippen molar-refractivity contribution < 1.29 is 14.6 Å². The summed E-state index contributed by atoms with van der Waals surface area (Å²) >= 11 is 0. The maximum atomic E-state index is 12.3. The van der Waals surface area contributed by atoms with Gasteiger partial charge in [0.1, 0.15) is 5.65 Å². The van der Waals surface area contributed by atoms with E-state index in [9.17, 15) is 4.79 Å². The van der Waals surface area contributed by atoms with Crippen LogP contribution in [0.3, 0.4) is 0 Å². The van der Waals surface area contributed by atoms with Gasteiger partial charge in [-0.25, -0.2) is 4.98 Å². The lowest BCUT2D eigenvalue weighted by atomic mass is 9.99. The van der Waals surface area contributed by atoms with Gasteiger partial charge in [0.05, 0.1) is 12.1 Å². The molecule has 0 aliphatic carbocycles. The third kappa shape index (κ3) is 3.15. The number of imidazole rings is 1. The summed E-state index contributed by atoms with van der Waals surface area (Å²) in [6.45, 7) is 2.17. The Labute approximate surface area is 117 Å². The van der Waals surface area contributed by atoms with E-state index in [-0.39, 0.29) is 12.5 Å². The fourth-order valence-corrected chi connectivity index (χ4v) is 2.13. The van der Waals surface area contributed by atoms with Crippen molar-refractivity contribution in [2.45, 2.75) is 18.9 Å². The molecule has 0 aliphatic rings. The van der Waals surface area contributed by atoms with Crippen LogP contribution in [-0.2, 0) is 4.74 Å². The highest BCUT2D eigenvalue weighted by molar-refractivity contribution is 5.95. The van der Waals surface area contributed by atoms with E-state index in [0.717, 1.165) is 0 Å². The van der Waals surface area contributed by atoms with E-state index in [1.54, 1.807) is 31.6 Å². The Morgan fingerprint density at radius 1 is 1.55 bits per heavy atom. The average molecular weight is 277 g/mol. The zero-order valence-corrected chi connectivity index (χ0v) is 11.7. The van der Waals surface area contributed by atoms with Gasteiger partial charge in [0, 0.05) is 37.9 Å². The zero-order valence-electron chi connectivity index (χ0n) is 11.7. The number of carbonyl (C=O) groups is 1. The van der Waals surface area contributed by atoms with Gasteiger partial charge in [-0.05, 0) is 25.5 Å². The van der Waals surface area contributed by atoms with E-state index >= 15 is 0 Å². The van der Waals surface area contributed by atoms with Crippen LogP contribution < -0.4 is 5.32 Å². The van der Waals surface area contributed by atoms with E-state index < -0.39 is 5.54 Å². The first kappa shape index (κ1) is 14.5. The Balaban J connectivity index is 2.17. The lowest BCUT2D eigenvalue weighted by molar-refractivity contribution is 0.0725. The van der Waals surface area contributed by atoms with Gasteiger partial charge < -0.3 is 19.6 Å². The molecule has 0 saturated heterocycles. The van der Waals surface area contributed by atoms with Crippen molar-refractivity contribution in [3.8, 4) is 0 Å². The molecule has 0 radical (unpaired) electrons. The molecule has 0 aliphatic heterocycles. The molecule has 2 rings (SSSR count). The largest absolute Gasteiger partial charge is 0.396 e. The summed E-state index contributed by atoms with van der Waals surface area (Å²) in [4.78, 5) is 16.4. The summed E-state index contributed by atoms with van der Waals surface area (Å²) in [5.74, 6) is -0.205. The summed E-state index contributed by atoms with van der Waals surface area (Å²) < 4.78 is 6.94. The molecule has 2 aromatic heterocycles. The number of hydrogen-bond acceptors (Lipinski definition) is 4. The number of pyridine rings is 1. The van der Waals surface area contributed by atoms with Gasteiger partial charge in [-0.1, -0.05) is 0 Å². The SMILES string of the molecule is COCC(C)(CCO)NC(=O)c1ccn2ccnc2c1. The highest BCUT2D eigenvalue weighted by atomic mass is 16.5. The van der Waals surface area contributed by atoms with Gasteiger partial charge >= 0.3 is 0 Å². The minimum absolute atomic E-state index is 0.0145. The Bertz CT molecular complexity index is 588. The molecule has 2 heterocycles. The maximum Gasteiger partial charge on any atom is 0.251 e. The van der Waals surface area contributed by atoms with Crippen LogP contribution in [0.25, 0.3) is 5.65 Å². The number of aromatic nitrogens is 2. The smallest absolute Gasteiger partial charge is 0.251 e. The van der Waals surface area contributed by atoms with Crippen molar-refractivity contribution in [2.24, 2.45) is 0 Å². The van der Waals surface area contributed by atoms with Crippen LogP contribution in [0.1, 0.15) is 23.7 Å². The van der Waals surface area contributed by atoms with Gasteiger partial charge in [0.25, 0.3) is 5.91 Å². The number of amides is 1. The van der Waals surface area contributed by atoms with Gasteiger partial charge in [-0.15, -0.1) is 0 Å². The summed E-state index contributed by atoms with van der Waals surface area (Å²) in [5, 5.41) is 12.0. The lowest BCUT2D eigenvalue weighted by Crippen LogP contribution is -2.50. The van der Waals surface area contributed by atoms with E-state index in [2.05, 4.69) is 10.3 Å². The van der Waals surface area contributed by atoms with Crippen molar-refractivity contribution in [3.63, 3.8) is 0 Å². The maximum absolute atomic E-state index is 12.3. The Kier molecular flexibility index (Phi) is 4.36. The third-order valence-corrected chi connectivity index (χ3v) is 3.20. The van der Waals surface area contributed by atoms with Crippen molar-refractivity contribution >= 4 is 11.6 Å². The number of nitrogens with zero attached hydrogens (tertiary/aromatic N) is 2. The molecule has 108 valence electrons. The number of fused-ring (bicyclic) bond motifs is 1. The second kappa shape index (κ2) is 6.02. The first-order valence-electron chi connectivity index (χ1n) is 6.43. The molecule has 2 aromatic rings. The minimum Gasteiger partial charge on any atom is -0.396 e. The monoisotopic (exact) mass is 277 g/mol. The van der Waals surface area contributed by atoms with Crippen LogP contribution in [0, 0.1) is 0 Å². The van der Waals surface area contributed by atoms with E-state index in [0.29, 0.717) is 24.2 Å². The standard InChI is InChI=1S/C14H19N3O3/c1-14(4-8-18,10-20-2)16-13(19)11-3-6-17-7-5-15-12(17)9-11/h3,5-7,9,18H,4,8,10H2,1-2H3,(H,16,19). The van der Waals surface area contributed by atoms with E-state index in [1.807, 2.05) is 17.5 Å². The van der Waals surface area contributed by atoms with Crippen molar-refractivity contribution in [1.82, 2.24) is 14.7 Å². The summed E-state index contributed by atoms with van der Waals surface area (Å²) in [6, 6.07) is 3.46. The lowest BCUT2D eigenvalue weighted by Gasteiger charge is -2.29. The molecule has 1 amide bonds. The number of rotatable bonds is 6. The van der Waals surface area contributed by atoms with Crippen LogP contribution in [-0.4, -0.2) is 46.3 Å². The number of ether oxygens (including phenoxy) is 1. The van der Waals surface area contributed by atoms with Gasteiger partial charge in [-0.3, -0.25) is 4.79 Å². The van der Waals surface area contributed by atoms with Crippen LogP contribution in [0.4, 0.5) is 0 Å². The fraction of sp³-hybridized carbons (Fsp3) is 0.429. The molecule has 6 nitrogen and oxygen atoms in total. The van der Waals surface area contributed by atoms with Crippen LogP contribution in [0.5, 0.6) is 0 Å². The Morgan fingerprint density at radius 3 is 3.05 bits per heavy atom. The molecule has 0 saturated carbocycles. The normalized spacial score (nSPS) is 14.2. The van der Waals surface area contributed by atoms with Crippen molar-refractivity contribution in [3.05, 3.63) is 36.3 Å². The summed E-state index contributed by atoms with van der Waals surface area (Å²) in [7, 11) is 1.57. The van der Waals surface area contributed by atoms with Crippen molar-refractivity contribution in [2.75, 3.05) is 20.3 Å². The first-order valence-corrected chi connectivity index (χ1v) is 6.43. The van der Waals surface area contributed by atoms with E-state index in [4.69, 9.17) is 9.84 Å². The highest BCUT2D eigenvalue weighted by Crippen LogP contribution is 2.12. The molecular formula is C14H19N3O3. The number of hydrogen-bond donors (Lipinski definition) is 2.